The first-order chi connectivity index (χ1) is 13.1. The molecule has 11 heteroatoms. The summed E-state index contributed by atoms with van der Waals surface area (Å²) in [7, 11) is 1.82. The average Bonchev–Trinajstić information content (AvgIpc) is 3.25. The van der Waals surface area contributed by atoms with E-state index >= 15 is 0 Å². The largest absolute Gasteiger partial charge is 0.485 e. The van der Waals surface area contributed by atoms with Gasteiger partial charge in [0.05, 0.1) is 5.75 Å². The number of fused-ring (bicyclic) bond motifs is 1. The third kappa shape index (κ3) is 3.72. The van der Waals surface area contributed by atoms with Crippen molar-refractivity contribution < 1.29 is 18.8 Å². The number of para-hydroxylation sites is 2. The lowest BCUT2D eigenvalue weighted by Crippen LogP contribution is -2.24. The summed E-state index contributed by atoms with van der Waals surface area (Å²) in [5, 5.41) is 15.1. The van der Waals surface area contributed by atoms with Crippen molar-refractivity contribution in [2.24, 2.45) is 7.05 Å². The van der Waals surface area contributed by atoms with Gasteiger partial charge in [0.25, 0.3) is 0 Å². The number of aryl methyl sites for hydroxylation is 1. The van der Waals surface area contributed by atoms with Crippen LogP contribution < -0.4 is 14.8 Å². The number of nitrogens with zero attached hydrogens (tertiary/aromatic N) is 5. The number of anilines is 1. The highest BCUT2D eigenvalue weighted by molar-refractivity contribution is 7.99. The molecule has 1 aliphatic rings. The van der Waals surface area contributed by atoms with E-state index in [1.165, 1.54) is 11.8 Å². The smallest absolute Gasteiger partial charge is 0.328 e. The Morgan fingerprint density at radius 2 is 2.15 bits per heavy atom. The summed E-state index contributed by atoms with van der Waals surface area (Å²) < 4.78 is 18.3. The van der Waals surface area contributed by atoms with Crippen LogP contribution in [0.5, 0.6) is 11.5 Å². The highest BCUT2D eigenvalue weighted by atomic mass is 32.2. The predicted octanol–water partition coefficient (Wildman–Crippen LogP) is 1.75. The number of amides is 1. The number of nitrogens with one attached hydrogen (secondary N) is 1. The minimum atomic E-state index is -0.373. The number of thioether (sulfide) groups is 1. The Morgan fingerprint density at radius 3 is 2.93 bits per heavy atom. The van der Waals surface area contributed by atoms with Crippen molar-refractivity contribution >= 4 is 23.7 Å². The molecule has 0 saturated heterocycles. The van der Waals surface area contributed by atoms with Crippen LogP contribution in [0.4, 0.5) is 6.01 Å². The standard InChI is InChI=1S/C16H16N6O4S/c1-9-17-15(26-21-9)18-13(23)8-27-16-20-19-14(22(16)2)12-7-24-10-5-3-4-6-11(10)25-12/h3-6,12H,7-8H2,1-2H3,(H,17,18,21,23). The maximum Gasteiger partial charge on any atom is 0.328 e. The van der Waals surface area contributed by atoms with Crippen LogP contribution >= 0.6 is 11.8 Å². The molecule has 1 aromatic carbocycles. The fraction of sp³-hybridized carbons (Fsp3) is 0.312. The third-order valence-electron chi connectivity index (χ3n) is 3.77. The Morgan fingerprint density at radius 1 is 1.33 bits per heavy atom. The Hall–Kier alpha value is -3.08. The van der Waals surface area contributed by atoms with Crippen molar-refractivity contribution in [2.45, 2.75) is 18.2 Å². The number of hydrogen-bond donors (Lipinski definition) is 1. The minimum absolute atomic E-state index is 0.0724. The molecule has 4 rings (SSSR count). The fourth-order valence-electron chi connectivity index (χ4n) is 2.51. The minimum Gasteiger partial charge on any atom is -0.485 e. The molecule has 10 nitrogen and oxygen atoms in total. The zero-order valence-electron chi connectivity index (χ0n) is 14.6. The highest BCUT2D eigenvalue weighted by Gasteiger charge is 2.27. The molecule has 0 radical (unpaired) electrons. The van der Waals surface area contributed by atoms with Crippen LogP contribution in [0.3, 0.4) is 0 Å². The zero-order chi connectivity index (χ0) is 18.8. The van der Waals surface area contributed by atoms with E-state index in [1.807, 2.05) is 31.3 Å². The Labute approximate surface area is 158 Å². The molecule has 1 atom stereocenters. The van der Waals surface area contributed by atoms with Gasteiger partial charge in [-0.3, -0.25) is 10.1 Å². The van der Waals surface area contributed by atoms with Gasteiger partial charge >= 0.3 is 6.01 Å². The molecule has 140 valence electrons. The van der Waals surface area contributed by atoms with Crippen molar-refractivity contribution in [1.29, 1.82) is 0 Å². The van der Waals surface area contributed by atoms with E-state index in [4.69, 9.17) is 14.0 Å². The van der Waals surface area contributed by atoms with Crippen molar-refractivity contribution in [3.63, 3.8) is 0 Å². The van der Waals surface area contributed by atoms with Gasteiger partial charge in [-0.25, -0.2) is 0 Å². The topological polar surface area (TPSA) is 117 Å². The van der Waals surface area contributed by atoms with Gasteiger partial charge in [-0.1, -0.05) is 29.1 Å². The van der Waals surface area contributed by atoms with Gasteiger partial charge in [0.1, 0.15) is 6.61 Å². The highest BCUT2D eigenvalue weighted by Crippen LogP contribution is 2.35. The molecule has 27 heavy (non-hydrogen) atoms. The summed E-state index contributed by atoms with van der Waals surface area (Å²) in [4.78, 5) is 15.9. The normalized spacial score (nSPS) is 15.6. The van der Waals surface area contributed by atoms with Crippen LogP contribution in [-0.4, -0.2) is 43.2 Å². The van der Waals surface area contributed by atoms with Gasteiger partial charge in [-0.05, 0) is 19.1 Å². The van der Waals surface area contributed by atoms with Crippen LogP contribution in [0.25, 0.3) is 0 Å². The van der Waals surface area contributed by atoms with Gasteiger partial charge in [-0.15, -0.1) is 10.2 Å². The van der Waals surface area contributed by atoms with Gasteiger partial charge in [0, 0.05) is 7.05 Å². The molecule has 3 aromatic rings. The summed E-state index contributed by atoms with van der Waals surface area (Å²) in [6.45, 7) is 2.01. The van der Waals surface area contributed by atoms with E-state index in [-0.39, 0.29) is 23.8 Å². The first-order valence-electron chi connectivity index (χ1n) is 8.11. The van der Waals surface area contributed by atoms with E-state index < -0.39 is 0 Å². The van der Waals surface area contributed by atoms with E-state index in [0.29, 0.717) is 34.9 Å². The Kier molecular flexibility index (Phi) is 4.67. The molecule has 0 fully saturated rings. The Bertz CT molecular complexity index is 971. The number of carbonyl (C=O) groups is 1. The summed E-state index contributed by atoms with van der Waals surface area (Å²) in [6, 6.07) is 7.54. The summed E-state index contributed by atoms with van der Waals surface area (Å²) in [5.41, 5.74) is 0. The molecule has 3 heterocycles. The quantitative estimate of drug-likeness (QED) is 0.652. The number of hydrogen-bond acceptors (Lipinski definition) is 9. The number of ether oxygens (including phenoxy) is 2. The molecule has 1 aliphatic heterocycles. The van der Waals surface area contributed by atoms with Crippen molar-refractivity contribution in [3.8, 4) is 11.5 Å². The van der Waals surface area contributed by atoms with Crippen molar-refractivity contribution in [2.75, 3.05) is 17.7 Å². The second-order valence-electron chi connectivity index (χ2n) is 5.75. The number of carbonyl (C=O) groups excluding carboxylic acids is 1. The molecular formula is C16H16N6O4S. The van der Waals surface area contributed by atoms with Gasteiger partial charge in [0.15, 0.2) is 34.4 Å². The maximum atomic E-state index is 12.0. The second kappa shape index (κ2) is 7.27. The van der Waals surface area contributed by atoms with Crippen LogP contribution in [0.1, 0.15) is 17.8 Å². The molecule has 1 N–H and O–H groups in total. The lowest BCUT2D eigenvalue weighted by Gasteiger charge is -2.25. The fourth-order valence-corrected chi connectivity index (χ4v) is 3.23. The van der Waals surface area contributed by atoms with E-state index in [0.717, 1.165) is 0 Å². The van der Waals surface area contributed by atoms with Crippen LogP contribution in [0.15, 0.2) is 33.9 Å². The van der Waals surface area contributed by atoms with Crippen LogP contribution in [-0.2, 0) is 11.8 Å². The van der Waals surface area contributed by atoms with Gasteiger partial charge < -0.3 is 18.6 Å². The number of benzene rings is 1. The van der Waals surface area contributed by atoms with Crippen molar-refractivity contribution in [1.82, 2.24) is 24.9 Å². The first kappa shape index (κ1) is 17.3. The first-order valence-corrected chi connectivity index (χ1v) is 9.09. The van der Waals surface area contributed by atoms with Crippen molar-refractivity contribution in [3.05, 3.63) is 35.9 Å². The molecular weight excluding hydrogens is 372 g/mol. The second-order valence-corrected chi connectivity index (χ2v) is 6.69. The molecule has 1 amide bonds. The zero-order valence-corrected chi connectivity index (χ0v) is 15.4. The van der Waals surface area contributed by atoms with E-state index in [1.54, 1.807) is 11.5 Å². The molecule has 0 aliphatic carbocycles. The predicted molar refractivity (Wildman–Crippen MR) is 94.7 cm³/mol. The number of rotatable bonds is 5. The molecule has 0 spiro atoms. The lowest BCUT2D eigenvalue weighted by atomic mass is 10.2. The SMILES string of the molecule is Cc1noc(NC(=O)CSc2nnc(C3COc4ccccc4O3)n2C)n1. The van der Waals surface area contributed by atoms with E-state index in [9.17, 15) is 4.79 Å². The molecule has 0 bridgehead atoms. The Balaban J connectivity index is 1.38. The molecule has 0 saturated carbocycles. The summed E-state index contributed by atoms with van der Waals surface area (Å²) in [5.74, 6) is 2.29. The average molecular weight is 388 g/mol. The van der Waals surface area contributed by atoms with Gasteiger partial charge in [-0.2, -0.15) is 4.98 Å². The number of aromatic nitrogens is 5. The summed E-state index contributed by atoms with van der Waals surface area (Å²) in [6.07, 6.45) is -0.373. The maximum absolute atomic E-state index is 12.0. The molecule has 2 aromatic heterocycles. The van der Waals surface area contributed by atoms with Crippen LogP contribution in [0, 0.1) is 6.92 Å². The van der Waals surface area contributed by atoms with E-state index in [2.05, 4.69) is 25.7 Å². The monoisotopic (exact) mass is 388 g/mol. The van der Waals surface area contributed by atoms with Gasteiger partial charge in [0.2, 0.25) is 5.91 Å². The van der Waals surface area contributed by atoms with Crippen LogP contribution in [0.2, 0.25) is 0 Å². The summed E-state index contributed by atoms with van der Waals surface area (Å²) >= 11 is 1.24. The third-order valence-corrected chi connectivity index (χ3v) is 4.79. The molecule has 1 unspecified atom stereocenters. The lowest BCUT2D eigenvalue weighted by molar-refractivity contribution is -0.114.